The molecular weight excluding hydrogens is 334 g/mol. The summed E-state index contributed by atoms with van der Waals surface area (Å²) in [5.41, 5.74) is 5.53. The molecule has 2 aromatic carbocycles. The molecular formula is C20H22ClN3O. The number of halogens is 1. The van der Waals surface area contributed by atoms with Crippen LogP contribution in [-0.2, 0) is 13.1 Å². The minimum atomic E-state index is 0.726. The molecule has 0 atom stereocenters. The summed E-state index contributed by atoms with van der Waals surface area (Å²) in [5, 5.41) is 8.90. The van der Waals surface area contributed by atoms with Crippen molar-refractivity contribution in [3.05, 3.63) is 76.1 Å². The normalized spacial score (nSPS) is 10.9. The fourth-order valence-corrected chi connectivity index (χ4v) is 3.06. The number of nitrogens with zero attached hydrogens (tertiary/aromatic N) is 2. The van der Waals surface area contributed by atoms with Crippen LogP contribution in [0.5, 0.6) is 5.75 Å². The van der Waals surface area contributed by atoms with Crippen molar-refractivity contribution in [1.29, 1.82) is 0 Å². The Morgan fingerprint density at radius 1 is 1.04 bits per heavy atom. The monoisotopic (exact) mass is 355 g/mol. The van der Waals surface area contributed by atoms with E-state index in [1.54, 1.807) is 7.11 Å². The lowest BCUT2D eigenvalue weighted by molar-refractivity contribution is 0.407. The molecule has 0 amide bonds. The topological polar surface area (TPSA) is 39.1 Å². The minimum Gasteiger partial charge on any atom is -0.496 e. The Bertz CT molecular complexity index is 856. The van der Waals surface area contributed by atoms with Crippen LogP contribution in [0.3, 0.4) is 0 Å². The number of hydrogen-bond donors (Lipinski definition) is 1. The molecule has 0 aliphatic heterocycles. The minimum absolute atomic E-state index is 0.726. The maximum atomic E-state index is 5.98. The summed E-state index contributed by atoms with van der Waals surface area (Å²) in [6, 6.07) is 15.8. The van der Waals surface area contributed by atoms with Crippen LogP contribution in [-0.4, -0.2) is 16.9 Å². The lowest BCUT2D eigenvalue weighted by atomic mass is 10.1. The van der Waals surface area contributed by atoms with Gasteiger partial charge in [-0.25, -0.2) is 4.68 Å². The van der Waals surface area contributed by atoms with Crippen molar-refractivity contribution >= 4 is 11.6 Å². The van der Waals surface area contributed by atoms with E-state index in [1.807, 2.05) is 54.1 Å². The van der Waals surface area contributed by atoms with Crippen molar-refractivity contribution in [2.24, 2.45) is 0 Å². The van der Waals surface area contributed by atoms with E-state index < -0.39 is 0 Å². The number of benzene rings is 2. The van der Waals surface area contributed by atoms with Crippen LogP contribution in [0, 0.1) is 13.8 Å². The Morgan fingerprint density at radius 3 is 2.48 bits per heavy atom. The molecule has 4 nitrogen and oxygen atoms in total. The smallest absolute Gasteiger partial charge is 0.123 e. The van der Waals surface area contributed by atoms with Crippen molar-refractivity contribution in [3.8, 4) is 11.4 Å². The Kier molecular flexibility index (Phi) is 5.41. The summed E-state index contributed by atoms with van der Waals surface area (Å²) in [5.74, 6) is 0.903. The number of aromatic nitrogens is 2. The van der Waals surface area contributed by atoms with Gasteiger partial charge < -0.3 is 10.1 Å². The van der Waals surface area contributed by atoms with Crippen molar-refractivity contribution in [2.45, 2.75) is 26.9 Å². The van der Waals surface area contributed by atoms with Gasteiger partial charge in [0, 0.05) is 34.9 Å². The van der Waals surface area contributed by atoms with E-state index in [-0.39, 0.29) is 0 Å². The Balaban J connectivity index is 1.74. The Hall–Kier alpha value is -2.30. The summed E-state index contributed by atoms with van der Waals surface area (Å²) < 4.78 is 7.36. The van der Waals surface area contributed by atoms with E-state index in [9.17, 15) is 0 Å². The lowest BCUT2D eigenvalue weighted by Crippen LogP contribution is -2.14. The second kappa shape index (κ2) is 7.72. The fourth-order valence-electron chi connectivity index (χ4n) is 2.94. The van der Waals surface area contributed by atoms with Crippen LogP contribution in [0.25, 0.3) is 5.69 Å². The van der Waals surface area contributed by atoms with E-state index >= 15 is 0 Å². The number of nitrogens with one attached hydrogen (secondary N) is 1. The third-order valence-corrected chi connectivity index (χ3v) is 4.57. The van der Waals surface area contributed by atoms with E-state index in [2.05, 4.69) is 23.4 Å². The molecule has 25 heavy (non-hydrogen) atoms. The number of rotatable bonds is 6. The van der Waals surface area contributed by atoms with Gasteiger partial charge in [-0.2, -0.15) is 5.10 Å². The molecule has 0 saturated carbocycles. The standard InChI is InChI=1S/C20H22ClN3O/c1-14-19(13-22-12-16-6-4-5-7-20(16)25-3)15(2)24(23-14)18-10-8-17(21)9-11-18/h4-11,22H,12-13H2,1-3H3. The average molecular weight is 356 g/mol. The third kappa shape index (κ3) is 3.86. The maximum absolute atomic E-state index is 5.98. The van der Waals surface area contributed by atoms with Crippen molar-refractivity contribution in [3.63, 3.8) is 0 Å². The third-order valence-electron chi connectivity index (χ3n) is 4.32. The van der Waals surface area contributed by atoms with Crippen LogP contribution in [0.4, 0.5) is 0 Å². The van der Waals surface area contributed by atoms with Gasteiger partial charge in [0.15, 0.2) is 0 Å². The SMILES string of the molecule is COc1ccccc1CNCc1c(C)nn(-c2ccc(Cl)cc2)c1C. The highest BCUT2D eigenvalue weighted by molar-refractivity contribution is 6.30. The number of hydrogen-bond acceptors (Lipinski definition) is 3. The Morgan fingerprint density at radius 2 is 1.76 bits per heavy atom. The van der Waals surface area contributed by atoms with E-state index in [1.165, 1.54) is 5.56 Å². The first-order chi connectivity index (χ1) is 12.1. The van der Waals surface area contributed by atoms with Crippen molar-refractivity contribution < 1.29 is 4.74 Å². The van der Waals surface area contributed by atoms with E-state index in [0.717, 1.165) is 46.5 Å². The lowest BCUT2D eigenvalue weighted by Gasteiger charge is -2.10. The number of methoxy groups -OCH3 is 1. The second-order valence-electron chi connectivity index (χ2n) is 5.95. The van der Waals surface area contributed by atoms with Crippen molar-refractivity contribution in [1.82, 2.24) is 15.1 Å². The highest BCUT2D eigenvalue weighted by Crippen LogP contribution is 2.20. The molecule has 0 spiro atoms. The molecule has 1 heterocycles. The van der Waals surface area contributed by atoms with Gasteiger partial charge >= 0.3 is 0 Å². The second-order valence-corrected chi connectivity index (χ2v) is 6.39. The number of para-hydroxylation sites is 1. The quantitative estimate of drug-likeness (QED) is 0.710. The zero-order chi connectivity index (χ0) is 17.8. The summed E-state index contributed by atoms with van der Waals surface area (Å²) in [6.45, 7) is 5.63. The van der Waals surface area contributed by atoms with Crippen LogP contribution in [0.15, 0.2) is 48.5 Å². The molecule has 0 aliphatic carbocycles. The van der Waals surface area contributed by atoms with Gasteiger partial charge in [0.05, 0.1) is 18.5 Å². The van der Waals surface area contributed by atoms with Gasteiger partial charge in [-0.15, -0.1) is 0 Å². The first-order valence-electron chi connectivity index (χ1n) is 8.24. The first kappa shape index (κ1) is 17.5. The molecule has 1 N–H and O–H groups in total. The molecule has 1 aromatic heterocycles. The van der Waals surface area contributed by atoms with Gasteiger partial charge in [-0.05, 0) is 44.2 Å². The summed E-state index contributed by atoms with van der Waals surface area (Å²) in [4.78, 5) is 0. The molecule has 3 rings (SSSR count). The summed E-state index contributed by atoms with van der Waals surface area (Å²) in [7, 11) is 1.70. The highest BCUT2D eigenvalue weighted by atomic mass is 35.5. The zero-order valence-electron chi connectivity index (χ0n) is 14.7. The largest absolute Gasteiger partial charge is 0.496 e. The van der Waals surface area contributed by atoms with Gasteiger partial charge in [-0.1, -0.05) is 29.8 Å². The van der Waals surface area contributed by atoms with Crippen LogP contribution >= 0.6 is 11.6 Å². The maximum Gasteiger partial charge on any atom is 0.123 e. The number of ether oxygens (including phenoxy) is 1. The molecule has 5 heteroatoms. The van der Waals surface area contributed by atoms with Crippen LogP contribution in [0.2, 0.25) is 5.02 Å². The molecule has 0 unspecified atom stereocenters. The van der Waals surface area contributed by atoms with Gasteiger partial charge in [0.1, 0.15) is 5.75 Å². The molecule has 0 fully saturated rings. The fraction of sp³-hybridized carbons (Fsp3) is 0.250. The van der Waals surface area contributed by atoms with Crippen LogP contribution < -0.4 is 10.1 Å². The van der Waals surface area contributed by atoms with Gasteiger partial charge in [0.25, 0.3) is 0 Å². The summed E-state index contributed by atoms with van der Waals surface area (Å²) in [6.07, 6.45) is 0. The van der Waals surface area contributed by atoms with Gasteiger partial charge in [-0.3, -0.25) is 0 Å². The van der Waals surface area contributed by atoms with Crippen LogP contribution in [0.1, 0.15) is 22.5 Å². The van der Waals surface area contributed by atoms with E-state index in [4.69, 9.17) is 16.3 Å². The number of aryl methyl sites for hydroxylation is 1. The molecule has 0 saturated heterocycles. The molecule has 0 radical (unpaired) electrons. The molecule has 0 bridgehead atoms. The highest BCUT2D eigenvalue weighted by Gasteiger charge is 2.12. The predicted octanol–water partition coefficient (Wildman–Crippen LogP) is 4.44. The first-order valence-corrected chi connectivity index (χ1v) is 8.61. The van der Waals surface area contributed by atoms with E-state index in [0.29, 0.717) is 0 Å². The average Bonchev–Trinajstić information content (AvgIpc) is 2.91. The molecule has 0 aliphatic rings. The van der Waals surface area contributed by atoms with Gasteiger partial charge in [0.2, 0.25) is 0 Å². The summed E-state index contributed by atoms with van der Waals surface area (Å²) >= 11 is 5.98. The molecule has 130 valence electrons. The van der Waals surface area contributed by atoms with Crippen molar-refractivity contribution in [2.75, 3.05) is 7.11 Å². The molecule has 3 aromatic rings. The predicted molar refractivity (Wildman–Crippen MR) is 102 cm³/mol. The Labute approximate surface area is 153 Å². The zero-order valence-corrected chi connectivity index (χ0v) is 15.5.